The van der Waals surface area contributed by atoms with Gasteiger partial charge in [-0.3, -0.25) is 9.48 Å². The van der Waals surface area contributed by atoms with Crippen molar-refractivity contribution in [1.82, 2.24) is 14.7 Å². The van der Waals surface area contributed by atoms with Gasteiger partial charge in [-0.15, -0.1) is 0 Å². The minimum absolute atomic E-state index is 0.0517. The number of carboxylic acids is 1. The van der Waals surface area contributed by atoms with Crippen LogP contribution in [0.1, 0.15) is 23.9 Å². The predicted octanol–water partition coefficient (Wildman–Crippen LogP) is 2.66. The molecule has 1 N–H and O–H groups in total. The zero-order valence-corrected chi connectivity index (χ0v) is 14.6. The van der Waals surface area contributed by atoms with Crippen molar-refractivity contribution in [3.8, 4) is 0 Å². The lowest BCUT2D eigenvalue weighted by molar-refractivity contribution is -0.150. The quantitative estimate of drug-likeness (QED) is 0.869. The monoisotopic (exact) mass is 349 g/mol. The van der Waals surface area contributed by atoms with Crippen molar-refractivity contribution in [2.45, 2.75) is 39.9 Å². The average molecular weight is 350 g/mol. The molecule has 1 heterocycles. The van der Waals surface area contributed by atoms with Gasteiger partial charge < -0.3 is 10.0 Å². The van der Waals surface area contributed by atoms with E-state index in [0.29, 0.717) is 16.4 Å². The molecule has 24 heavy (non-hydrogen) atoms. The van der Waals surface area contributed by atoms with E-state index in [1.54, 1.807) is 13.8 Å². The van der Waals surface area contributed by atoms with Gasteiger partial charge in [0, 0.05) is 6.54 Å². The number of carbonyl (C=O) groups is 2. The van der Waals surface area contributed by atoms with Crippen LogP contribution in [0.15, 0.2) is 30.3 Å². The van der Waals surface area contributed by atoms with Crippen molar-refractivity contribution in [3.05, 3.63) is 52.3 Å². The SMILES string of the molecule is Cc1nn(CC(=O)N(Cc2ccccc2)C(C)C(=O)O)c(C)c1Cl. The number of carboxylic acid groups (broad SMARTS) is 1. The van der Waals surface area contributed by atoms with Gasteiger partial charge in [0.1, 0.15) is 12.6 Å². The maximum absolute atomic E-state index is 12.7. The second-order valence-electron chi connectivity index (χ2n) is 5.66. The third-order valence-electron chi connectivity index (χ3n) is 3.92. The van der Waals surface area contributed by atoms with Crippen molar-refractivity contribution >= 4 is 23.5 Å². The lowest BCUT2D eigenvalue weighted by atomic mass is 10.1. The highest BCUT2D eigenvalue weighted by molar-refractivity contribution is 6.31. The van der Waals surface area contributed by atoms with Crippen molar-refractivity contribution in [1.29, 1.82) is 0 Å². The first-order valence-corrected chi connectivity index (χ1v) is 7.94. The van der Waals surface area contributed by atoms with Crippen LogP contribution in [0.25, 0.3) is 0 Å². The van der Waals surface area contributed by atoms with Gasteiger partial charge in [0.05, 0.1) is 16.4 Å². The van der Waals surface area contributed by atoms with Crippen molar-refractivity contribution in [2.75, 3.05) is 0 Å². The van der Waals surface area contributed by atoms with E-state index >= 15 is 0 Å². The third kappa shape index (κ3) is 3.94. The maximum atomic E-state index is 12.7. The Bertz CT molecular complexity index is 743. The number of rotatable bonds is 6. The average Bonchev–Trinajstić information content (AvgIpc) is 2.79. The summed E-state index contributed by atoms with van der Waals surface area (Å²) < 4.78 is 1.51. The highest BCUT2D eigenvalue weighted by Gasteiger charge is 2.26. The lowest BCUT2D eigenvalue weighted by Crippen LogP contribution is -2.44. The molecule has 0 radical (unpaired) electrons. The van der Waals surface area contributed by atoms with Gasteiger partial charge in [0.25, 0.3) is 0 Å². The molecule has 1 aromatic heterocycles. The number of aliphatic carboxylic acids is 1. The van der Waals surface area contributed by atoms with E-state index in [1.165, 1.54) is 16.5 Å². The molecule has 128 valence electrons. The lowest BCUT2D eigenvalue weighted by Gasteiger charge is -2.27. The van der Waals surface area contributed by atoms with Crippen LogP contribution in [0, 0.1) is 13.8 Å². The summed E-state index contributed by atoms with van der Waals surface area (Å²) in [5, 5.41) is 14.1. The van der Waals surface area contributed by atoms with Gasteiger partial charge >= 0.3 is 5.97 Å². The molecule has 1 atom stereocenters. The van der Waals surface area contributed by atoms with Crippen LogP contribution in [0.2, 0.25) is 5.02 Å². The molecular weight excluding hydrogens is 330 g/mol. The molecule has 0 saturated heterocycles. The number of benzene rings is 1. The van der Waals surface area contributed by atoms with E-state index in [1.807, 2.05) is 30.3 Å². The van der Waals surface area contributed by atoms with E-state index in [0.717, 1.165) is 5.56 Å². The number of hydrogen-bond acceptors (Lipinski definition) is 3. The maximum Gasteiger partial charge on any atom is 0.326 e. The molecule has 2 aromatic rings. The number of hydrogen-bond donors (Lipinski definition) is 1. The molecule has 0 saturated carbocycles. The summed E-state index contributed by atoms with van der Waals surface area (Å²) in [4.78, 5) is 25.4. The smallest absolute Gasteiger partial charge is 0.326 e. The van der Waals surface area contributed by atoms with Gasteiger partial charge in [-0.2, -0.15) is 5.10 Å². The Labute approximate surface area is 145 Å². The van der Waals surface area contributed by atoms with Crippen LogP contribution in [-0.2, 0) is 22.7 Å². The fourth-order valence-corrected chi connectivity index (χ4v) is 2.54. The Morgan fingerprint density at radius 3 is 2.42 bits per heavy atom. The number of nitrogens with zero attached hydrogens (tertiary/aromatic N) is 3. The Kier molecular flexibility index (Phi) is 5.62. The van der Waals surface area contributed by atoms with Gasteiger partial charge in [-0.1, -0.05) is 41.9 Å². The second kappa shape index (κ2) is 7.49. The van der Waals surface area contributed by atoms with E-state index < -0.39 is 12.0 Å². The Morgan fingerprint density at radius 2 is 1.92 bits per heavy atom. The first kappa shape index (κ1) is 18.0. The number of amides is 1. The fraction of sp³-hybridized carbons (Fsp3) is 0.353. The molecule has 0 fully saturated rings. The molecule has 0 aliphatic carbocycles. The first-order valence-electron chi connectivity index (χ1n) is 7.57. The molecule has 6 nitrogen and oxygen atoms in total. The predicted molar refractivity (Wildman–Crippen MR) is 90.8 cm³/mol. The largest absolute Gasteiger partial charge is 0.480 e. The number of halogens is 1. The van der Waals surface area contributed by atoms with Crippen molar-refractivity contribution in [2.24, 2.45) is 0 Å². The van der Waals surface area contributed by atoms with Crippen molar-refractivity contribution in [3.63, 3.8) is 0 Å². The zero-order chi connectivity index (χ0) is 17.9. The van der Waals surface area contributed by atoms with Gasteiger partial charge in [0.2, 0.25) is 5.91 Å². The minimum Gasteiger partial charge on any atom is -0.480 e. The van der Waals surface area contributed by atoms with Gasteiger partial charge in [-0.25, -0.2) is 4.79 Å². The molecular formula is C17H20ClN3O3. The van der Waals surface area contributed by atoms with Crippen LogP contribution >= 0.6 is 11.6 Å². The molecule has 7 heteroatoms. The van der Waals surface area contributed by atoms with Gasteiger partial charge in [-0.05, 0) is 26.3 Å². The molecule has 0 bridgehead atoms. The topological polar surface area (TPSA) is 75.4 Å². The Morgan fingerprint density at radius 1 is 1.29 bits per heavy atom. The number of aryl methyl sites for hydroxylation is 1. The summed E-state index contributed by atoms with van der Waals surface area (Å²) in [6.07, 6.45) is 0. The number of aromatic nitrogens is 2. The van der Waals surface area contributed by atoms with E-state index in [9.17, 15) is 14.7 Å². The molecule has 2 rings (SSSR count). The highest BCUT2D eigenvalue weighted by atomic mass is 35.5. The summed E-state index contributed by atoms with van der Waals surface area (Å²) in [5.74, 6) is -1.37. The summed E-state index contributed by atoms with van der Waals surface area (Å²) in [5.41, 5.74) is 2.19. The zero-order valence-electron chi connectivity index (χ0n) is 13.9. The van der Waals surface area contributed by atoms with Crippen LogP contribution < -0.4 is 0 Å². The summed E-state index contributed by atoms with van der Waals surface area (Å²) in [7, 11) is 0. The van der Waals surface area contributed by atoms with Crippen LogP contribution in [-0.4, -0.2) is 37.7 Å². The molecule has 1 aromatic carbocycles. The Balaban J connectivity index is 2.23. The molecule has 0 spiro atoms. The summed E-state index contributed by atoms with van der Waals surface area (Å²) in [6, 6.07) is 8.34. The third-order valence-corrected chi connectivity index (χ3v) is 4.47. The standard InChI is InChI=1S/C17H20ClN3O3/c1-11-16(18)12(2)21(19-11)10-15(22)20(13(3)17(23)24)9-14-7-5-4-6-8-14/h4-8,13H,9-10H2,1-3H3,(H,23,24). The van der Waals surface area contributed by atoms with Crippen LogP contribution in [0.4, 0.5) is 0 Å². The molecule has 0 aliphatic rings. The summed E-state index contributed by atoms with van der Waals surface area (Å²) >= 11 is 6.10. The van der Waals surface area contributed by atoms with E-state index in [2.05, 4.69) is 5.10 Å². The normalized spacial score (nSPS) is 12.0. The van der Waals surface area contributed by atoms with Crippen LogP contribution in [0.5, 0.6) is 0 Å². The van der Waals surface area contributed by atoms with Crippen LogP contribution in [0.3, 0.4) is 0 Å². The fourth-order valence-electron chi connectivity index (χ4n) is 2.40. The second-order valence-corrected chi connectivity index (χ2v) is 6.04. The molecule has 1 unspecified atom stereocenters. The van der Waals surface area contributed by atoms with Gasteiger partial charge in [0.15, 0.2) is 0 Å². The van der Waals surface area contributed by atoms with E-state index in [-0.39, 0.29) is 19.0 Å². The van der Waals surface area contributed by atoms with E-state index in [4.69, 9.17) is 11.6 Å². The molecule has 1 amide bonds. The highest BCUT2D eigenvalue weighted by Crippen LogP contribution is 2.19. The number of carbonyl (C=O) groups excluding carboxylic acids is 1. The minimum atomic E-state index is -1.05. The first-order chi connectivity index (χ1) is 11.3. The summed E-state index contributed by atoms with van der Waals surface area (Å²) in [6.45, 7) is 5.21. The van der Waals surface area contributed by atoms with Crippen molar-refractivity contribution < 1.29 is 14.7 Å². The Hall–Kier alpha value is -2.34. The molecule has 0 aliphatic heterocycles.